The number of benzene rings is 1. The normalized spacial score (nSPS) is 13.8. The summed E-state index contributed by atoms with van der Waals surface area (Å²) in [6.45, 7) is 0. The van der Waals surface area contributed by atoms with Crippen LogP contribution in [-0.4, -0.2) is 25.2 Å². The topological polar surface area (TPSA) is 89.3 Å². The van der Waals surface area contributed by atoms with E-state index in [0.29, 0.717) is 5.88 Å². The molecule has 0 atom stereocenters. The molecule has 1 heterocycles. The van der Waals surface area contributed by atoms with Crippen molar-refractivity contribution in [2.45, 2.75) is 30.6 Å². The van der Waals surface area contributed by atoms with Crippen molar-refractivity contribution in [2.24, 2.45) is 0 Å². The minimum atomic E-state index is -3.45. The molecule has 0 aliphatic heterocycles. The van der Waals surface area contributed by atoms with Gasteiger partial charge in [0.05, 0.1) is 16.3 Å². The number of fused-ring (bicyclic) bond motifs is 1. The molecule has 1 amide bonds. The summed E-state index contributed by atoms with van der Waals surface area (Å²) < 4.78 is 29.3. The van der Waals surface area contributed by atoms with Gasteiger partial charge in [-0.25, -0.2) is 8.42 Å². The number of nitrogens with zero attached hydrogens (tertiary/aromatic N) is 1. The molecule has 22 heavy (non-hydrogen) atoms. The summed E-state index contributed by atoms with van der Waals surface area (Å²) in [6, 6.07) is 8.11. The molecule has 6 nitrogen and oxygen atoms in total. The van der Waals surface area contributed by atoms with Crippen LogP contribution in [0.25, 0.3) is 0 Å². The second-order valence-corrected chi connectivity index (χ2v) is 7.33. The molecule has 1 aromatic carbocycles. The highest BCUT2D eigenvalue weighted by Crippen LogP contribution is 2.28. The maximum atomic E-state index is 12.1. The molecule has 7 heteroatoms. The molecular weight excluding hydrogens is 304 g/mol. The van der Waals surface area contributed by atoms with Crippen LogP contribution in [0.2, 0.25) is 0 Å². The van der Waals surface area contributed by atoms with Crippen LogP contribution in [0.4, 0.5) is 5.88 Å². The zero-order chi connectivity index (χ0) is 15.6. The lowest BCUT2D eigenvalue weighted by molar-refractivity contribution is -0.115. The van der Waals surface area contributed by atoms with E-state index in [9.17, 15) is 13.2 Å². The predicted octanol–water partition coefficient (Wildman–Crippen LogP) is 1.97. The van der Waals surface area contributed by atoms with Gasteiger partial charge in [-0.15, -0.1) is 0 Å². The highest BCUT2D eigenvalue weighted by Gasteiger charge is 2.23. The molecule has 3 rings (SSSR count). The summed E-state index contributed by atoms with van der Waals surface area (Å²) in [4.78, 5) is 12.2. The first kappa shape index (κ1) is 14.8. The Kier molecular flexibility index (Phi) is 3.98. The number of hydrogen-bond donors (Lipinski definition) is 1. The van der Waals surface area contributed by atoms with Crippen molar-refractivity contribution in [3.8, 4) is 0 Å². The maximum absolute atomic E-state index is 12.1. The number of rotatable bonds is 5. The van der Waals surface area contributed by atoms with E-state index in [2.05, 4.69) is 10.5 Å². The molecule has 1 aliphatic rings. The van der Waals surface area contributed by atoms with Crippen LogP contribution in [0.5, 0.6) is 0 Å². The van der Waals surface area contributed by atoms with Gasteiger partial charge in [0.15, 0.2) is 9.84 Å². The number of sulfone groups is 1. The number of anilines is 1. The van der Waals surface area contributed by atoms with Gasteiger partial charge in [0.25, 0.3) is 0 Å². The summed E-state index contributed by atoms with van der Waals surface area (Å²) >= 11 is 0. The Bertz CT molecular complexity index is 781. The minimum absolute atomic E-state index is 0.118. The Morgan fingerprint density at radius 2 is 2.00 bits per heavy atom. The Morgan fingerprint density at radius 1 is 1.23 bits per heavy atom. The van der Waals surface area contributed by atoms with E-state index in [1.807, 2.05) is 0 Å². The smallest absolute Gasteiger partial charge is 0.234 e. The van der Waals surface area contributed by atoms with Crippen molar-refractivity contribution >= 4 is 21.6 Å². The molecular formula is C15H16N2O4S. The van der Waals surface area contributed by atoms with E-state index >= 15 is 0 Å². The van der Waals surface area contributed by atoms with E-state index in [-0.39, 0.29) is 23.0 Å². The van der Waals surface area contributed by atoms with Crippen molar-refractivity contribution in [3.05, 3.63) is 41.6 Å². The van der Waals surface area contributed by atoms with Crippen LogP contribution in [0.15, 0.2) is 39.8 Å². The molecule has 1 N–H and O–H groups in total. The number of nitrogens with one attached hydrogen (secondary N) is 1. The summed E-state index contributed by atoms with van der Waals surface area (Å²) in [5, 5.41) is 6.51. The summed E-state index contributed by atoms with van der Waals surface area (Å²) in [6.07, 6.45) is 2.57. The Hall–Kier alpha value is -2.15. The summed E-state index contributed by atoms with van der Waals surface area (Å²) in [5.41, 5.74) is 1.81. The molecule has 116 valence electrons. The monoisotopic (exact) mass is 320 g/mol. The fourth-order valence-corrected chi connectivity index (χ4v) is 3.75. The average Bonchev–Trinajstić information content (AvgIpc) is 3.11. The second-order valence-electron chi connectivity index (χ2n) is 5.22. The van der Waals surface area contributed by atoms with Gasteiger partial charge in [-0.2, -0.15) is 0 Å². The third-order valence-electron chi connectivity index (χ3n) is 3.66. The van der Waals surface area contributed by atoms with Crippen molar-refractivity contribution in [1.82, 2.24) is 5.16 Å². The first-order valence-electron chi connectivity index (χ1n) is 7.11. The Morgan fingerprint density at radius 3 is 2.77 bits per heavy atom. The highest BCUT2D eigenvalue weighted by molar-refractivity contribution is 7.91. The van der Waals surface area contributed by atoms with Gasteiger partial charge in [0.2, 0.25) is 11.8 Å². The molecule has 0 bridgehead atoms. The molecule has 0 unspecified atom stereocenters. The van der Waals surface area contributed by atoms with Crippen molar-refractivity contribution in [3.63, 3.8) is 0 Å². The van der Waals surface area contributed by atoms with Crippen LogP contribution < -0.4 is 5.32 Å². The van der Waals surface area contributed by atoms with E-state index in [0.717, 1.165) is 30.5 Å². The second kappa shape index (κ2) is 5.92. The van der Waals surface area contributed by atoms with Crippen molar-refractivity contribution < 1.29 is 17.7 Å². The zero-order valence-corrected chi connectivity index (χ0v) is 12.7. The zero-order valence-electron chi connectivity index (χ0n) is 11.9. The average molecular weight is 320 g/mol. The third-order valence-corrected chi connectivity index (χ3v) is 5.40. The van der Waals surface area contributed by atoms with E-state index in [1.54, 1.807) is 18.2 Å². The third kappa shape index (κ3) is 3.04. The molecule has 2 aromatic rings. The molecule has 0 saturated carbocycles. The van der Waals surface area contributed by atoms with Gasteiger partial charge >= 0.3 is 0 Å². The SMILES string of the molecule is O=C(CCS(=O)(=O)c1ccccc1)Nc1onc2c1CCC2. The van der Waals surface area contributed by atoms with Crippen LogP contribution >= 0.6 is 0 Å². The largest absolute Gasteiger partial charge is 0.338 e. The molecule has 0 radical (unpaired) electrons. The van der Waals surface area contributed by atoms with Gasteiger partial charge in [0, 0.05) is 12.0 Å². The summed E-state index contributed by atoms with van der Waals surface area (Å²) in [5.74, 6) is -0.265. The number of aromatic nitrogens is 1. The fourth-order valence-electron chi connectivity index (χ4n) is 2.49. The highest BCUT2D eigenvalue weighted by atomic mass is 32.2. The van der Waals surface area contributed by atoms with Crippen LogP contribution in [0.1, 0.15) is 24.1 Å². The fraction of sp³-hybridized carbons (Fsp3) is 0.333. The lowest BCUT2D eigenvalue weighted by atomic mass is 10.2. The van der Waals surface area contributed by atoms with Crippen LogP contribution in [0, 0.1) is 0 Å². The molecule has 1 aliphatic carbocycles. The number of carbonyl (C=O) groups excluding carboxylic acids is 1. The van der Waals surface area contributed by atoms with Crippen molar-refractivity contribution in [1.29, 1.82) is 0 Å². The van der Waals surface area contributed by atoms with E-state index < -0.39 is 9.84 Å². The van der Waals surface area contributed by atoms with Gasteiger partial charge in [0.1, 0.15) is 0 Å². The van der Waals surface area contributed by atoms with Gasteiger partial charge < -0.3 is 4.52 Å². The molecule has 0 fully saturated rings. The van der Waals surface area contributed by atoms with Crippen LogP contribution in [-0.2, 0) is 27.5 Å². The molecule has 0 saturated heterocycles. The standard InChI is InChI=1S/C15H16N2O4S/c18-14(16-15-12-7-4-8-13(12)17-21-15)9-10-22(19,20)11-5-2-1-3-6-11/h1-3,5-6H,4,7-10H2,(H,16,18). The first-order chi connectivity index (χ1) is 10.6. The predicted molar refractivity (Wildman–Crippen MR) is 80.3 cm³/mol. The Balaban J connectivity index is 1.61. The molecule has 1 aromatic heterocycles. The maximum Gasteiger partial charge on any atom is 0.234 e. The summed E-state index contributed by atoms with van der Waals surface area (Å²) in [7, 11) is -3.45. The van der Waals surface area contributed by atoms with Gasteiger partial charge in [-0.3, -0.25) is 10.1 Å². The lowest BCUT2D eigenvalue weighted by Gasteiger charge is -2.05. The van der Waals surface area contributed by atoms with Gasteiger partial charge in [-0.1, -0.05) is 23.4 Å². The van der Waals surface area contributed by atoms with Crippen molar-refractivity contribution in [2.75, 3.05) is 11.1 Å². The number of carbonyl (C=O) groups is 1. The quantitative estimate of drug-likeness (QED) is 0.909. The first-order valence-corrected chi connectivity index (χ1v) is 8.76. The van der Waals surface area contributed by atoms with Crippen LogP contribution in [0.3, 0.4) is 0 Å². The number of aryl methyl sites for hydroxylation is 1. The van der Waals surface area contributed by atoms with E-state index in [1.165, 1.54) is 12.1 Å². The number of amides is 1. The minimum Gasteiger partial charge on any atom is -0.338 e. The number of hydrogen-bond acceptors (Lipinski definition) is 5. The Labute approximate surface area is 128 Å². The molecule has 0 spiro atoms. The lowest BCUT2D eigenvalue weighted by Crippen LogP contribution is -2.17. The van der Waals surface area contributed by atoms with Gasteiger partial charge in [-0.05, 0) is 31.4 Å². The van der Waals surface area contributed by atoms with E-state index in [4.69, 9.17) is 4.52 Å².